The molecular weight excluding hydrogens is 266 g/mol. The fraction of sp³-hybridized carbons (Fsp3) is 0.533. The van der Waals surface area contributed by atoms with Crippen LogP contribution in [0.1, 0.15) is 24.5 Å². The lowest BCUT2D eigenvalue weighted by molar-refractivity contribution is 0.177. The first-order chi connectivity index (χ1) is 10.2. The molecule has 0 aliphatic carbocycles. The Bertz CT molecular complexity index is 555. The van der Waals surface area contributed by atoms with Gasteiger partial charge in [-0.15, -0.1) is 0 Å². The fourth-order valence-corrected chi connectivity index (χ4v) is 3.73. The molecule has 2 aliphatic rings. The van der Waals surface area contributed by atoms with Crippen molar-refractivity contribution >= 4 is 6.03 Å². The number of nitrogens with zero attached hydrogens (tertiary/aromatic N) is 4. The number of carbonyl (C=O) groups excluding carboxylic acids is 1. The topological polar surface area (TPSA) is 86.2 Å². The Hall–Kier alpha value is -2.29. The molecule has 3 rings (SSSR count). The van der Waals surface area contributed by atoms with Crippen LogP contribution in [0.25, 0.3) is 0 Å². The molecule has 21 heavy (non-hydrogen) atoms. The molecule has 2 aliphatic heterocycles. The molecule has 0 aromatic carbocycles. The van der Waals surface area contributed by atoms with Crippen molar-refractivity contribution in [2.45, 2.75) is 24.8 Å². The maximum absolute atomic E-state index is 11.7. The van der Waals surface area contributed by atoms with Crippen molar-refractivity contribution < 1.29 is 4.79 Å². The summed E-state index contributed by atoms with van der Waals surface area (Å²) in [5.74, 6) is 0.494. The zero-order chi connectivity index (χ0) is 14.8. The van der Waals surface area contributed by atoms with Crippen molar-refractivity contribution in [3.63, 3.8) is 0 Å². The van der Waals surface area contributed by atoms with E-state index in [0.29, 0.717) is 13.1 Å². The third-order valence-electron chi connectivity index (χ3n) is 4.65. The van der Waals surface area contributed by atoms with Crippen molar-refractivity contribution in [1.29, 1.82) is 5.26 Å². The van der Waals surface area contributed by atoms with Crippen molar-refractivity contribution in [3.05, 3.63) is 30.1 Å². The third-order valence-corrected chi connectivity index (χ3v) is 4.65. The van der Waals surface area contributed by atoms with Gasteiger partial charge < -0.3 is 15.5 Å². The molecule has 1 aromatic rings. The molecule has 3 atom stereocenters. The Morgan fingerprint density at radius 2 is 2.24 bits per heavy atom. The second-order valence-corrected chi connectivity index (χ2v) is 5.77. The summed E-state index contributed by atoms with van der Waals surface area (Å²) < 4.78 is 0. The van der Waals surface area contributed by atoms with Crippen LogP contribution in [0.3, 0.4) is 0 Å². The zero-order valence-corrected chi connectivity index (χ0v) is 11.9. The zero-order valence-electron chi connectivity index (χ0n) is 11.9. The Kier molecular flexibility index (Phi) is 3.65. The Morgan fingerprint density at radius 3 is 2.86 bits per heavy atom. The van der Waals surface area contributed by atoms with Gasteiger partial charge in [0.25, 0.3) is 0 Å². The van der Waals surface area contributed by atoms with Crippen LogP contribution in [0.2, 0.25) is 0 Å². The first-order valence-electron chi connectivity index (χ1n) is 7.32. The number of hydrogen-bond donors (Lipinski definition) is 1. The molecule has 3 heterocycles. The average molecular weight is 285 g/mol. The van der Waals surface area contributed by atoms with Crippen molar-refractivity contribution in [2.75, 3.05) is 19.6 Å². The van der Waals surface area contributed by atoms with Crippen LogP contribution in [0.5, 0.6) is 0 Å². The largest absolute Gasteiger partial charge is 0.351 e. The number of aromatic nitrogens is 1. The van der Waals surface area contributed by atoms with Gasteiger partial charge in [-0.05, 0) is 25.0 Å². The van der Waals surface area contributed by atoms with E-state index < -0.39 is 0 Å². The highest BCUT2D eigenvalue weighted by Gasteiger charge is 2.44. The highest BCUT2D eigenvalue weighted by molar-refractivity contribution is 5.73. The molecule has 1 aromatic heterocycles. The van der Waals surface area contributed by atoms with Crippen molar-refractivity contribution in [1.82, 2.24) is 14.8 Å². The maximum Gasteiger partial charge on any atom is 0.315 e. The SMILES string of the molecule is N#CN1CC[C@@H](C2C(c3ccccn3)CCN2C(N)=O)C1. The van der Waals surface area contributed by atoms with Gasteiger partial charge in [-0.2, -0.15) is 5.26 Å². The molecule has 2 amide bonds. The maximum atomic E-state index is 11.7. The minimum atomic E-state index is -0.367. The molecule has 0 spiro atoms. The smallest absolute Gasteiger partial charge is 0.315 e. The predicted molar refractivity (Wildman–Crippen MR) is 77.0 cm³/mol. The molecule has 6 heteroatoms. The minimum Gasteiger partial charge on any atom is -0.351 e. The molecular formula is C15H19N5O. The van der Waals surface area contributed by atoms with Gasteiger partial charge in [0.1, 0.15) is 0 Å². The van der Waals surface area contributed by atoms with Gasteiger partial charge in [0.05, 0.1) is 0 Å². The second kappa shape index (κ2) is 5.60. The highest BCUT2D eigenvalue weighted by Crippen LogP contribution is 2.39. The normalized spacial score (nSPS) is 28.6. The van der Waals surface area contributed by atoms with E-state index in [0.717, 1.165) is 25.1 Å². The van der Waals surface area contributed by atoms with Crippen LogP contribution >= 0.6 is 0 Å². The molecule has 0 bridgehead atoms. The van der Waals surface area contributed by atoms with Gasteiger partial charge in [0.2, 0.25) is 0 Å². The molecule has 0 radical (unpaired) electrons. The van der Waals surface area contributed by atoms with Crippen LogP contribution in [-0.2, 0) is 0 Å². The Morgan fingerprint density at radius 1 is 1.38 bits per heavy atom. The third kappa shape index (κ3) is 2.51. The van der Waals surface area contributed by atoms with Crippen LogP contribution in [0.4, 0.5) is 4.79 Å². The minimum absolute atomic E-state index is 0.0516. The van der Waals surface area contributed by atoms with Crippen LogP contribution < -0.4 is 5.73 Å². The summed E-state index contributed by atoms with van der Waals surface area (Å²) in [6.45, 7) is 2.14. The van der Waals surface area contributed by atoms with Crippen LogP contribution in [0, 0.1) is 17.4 Å². The summed E-state index contributed by atoms with van der Waals surface area (Å²) in [5, 5.41) is 9.04. The summed E-state index contributed by atoms with van der Waals surface area (Å²) in [6, 6.07) is 5.57. The van der Waals surface area contributed by atoms with Crippen molar-refractivity contribution in [2.24, 2.45) is 11.7 Å². The second-order valence-electron chi connectivity index (χ2n) is 5.77. The van der Waals surface area contributed by atoms with Crippen LogP contribution in [-0.4, -0.2) is 46.5 Å². The van der Waals surface area contributed by atoms with E-state index in [1.807, 2.05) is 18.2 Å². The molecule has 2 unspecified atom stereocenters. The summed E-state index contributed by atoms with van der Waals surface area (Å²) in [5.41, 5.74) is 6.57. The van der Waals surface area contributed by atoms with Gasteiger partial charge in [-0.3, -0.25) is 4.98 Å². The van der Waals surface area contributed by atoms with Crippen molar-refractivity contribution in [3.8, 4) is 6.19 Å². The first kappa shape index (κ1) is 13.7. The number of amides is 2. The van der Waals surface area contributed by atoms with Gasteiger partial charge in [0.15, 0.2) is 6.19 Å². The first-order valence-corrected chi connectivity index (χ1v) is 7.32. The molecule has 2 N–H and O–H groups in total. The number of carbonyl (C=O) groups is 1. The number of nitriles is 1. The summed E-state index contributed by atoms with van der Waals surface area (Å²) in [6.07, 6.45) is 5.79. The monoisotopic (exact) mass is 285 g/mol. The molecule has 6 nitrogen and oxygen atoms in total. The lowest BCUT2D eigenvalue weighted by atomic mass is 9.86. The summed E-state index contributed by atoms with van der Waals surface area (Å²) in [4.78, 5) is 19.7. The Balaban J connectivity index is 1.87. The number of rotatable bonds is 2. The van der Waals surface area contributed by atoms with E-state index in [9.17, 15) is 4.79 Å². The molecule has 2 saturated heterocycles. The number of pyridine rings is 1. The van der Waals surface area contributed by atoms with Crippen LogP contribution in [0.15, 0.2) is 24.4 Å². The van der Waals surface area contributed by atoms with Gasteiger partial charge >= 0.3 is 6.03 Å². The molecule has 110 valence electrons. The van der Waals surface area contributed by atoms with E-state index in [1.165, 1.54) is 0 Å². The predicted octanol–water partition coefficient (Wildman–Crippen LogP) is 1.12. The molecule has 2 fully saturated rings. The number of nitrogens with two attached hydrogens (primary N) is 1. The number of likely N-dealkylation sites (tertiary alicyclic amines) is 2. The van der Waals surface area contributed by atoms with E-state index in [4.69, 9.17) is 11.0 Å². The van der Waals surface area contributed by atoms with E-state index in [-0.39, 0.29) is 23.9 Å². The van der Waals surface area contributed by atoms with E-state index in [1.54, 1.807) is 16.0 Å². The lowest BCUT2D eigenvalue weighted by Crippen LogP contribution is -2.45. The average Bonchev–Trinajstić information content (AvgIpc) is 3.14. The van der Waals surface area contributed by atoms with Gasteiger partial charge in [-0.25, -0.2) is 4.79 Å². The lowest BCUT2D eigenvalue weighted by Gasteiger charge is -2.31. The quantitative estimate of drug-likeness (QED) is 0.825. The number of urea groups is 1. The van der Waals surface area contributed by atoms with E-state index >= 15 is 0 Å². The summed E-state index contributed by atoms with van der Waals surface area (Å²) in [7, 11) is 0. The van der Waals surface area contributed by atoms with Gasteiger partial charge in [-0.1, -0.05) is 6.07 Å². The number of hydrogen-bond acceptors (Lipinski definition) is 4. The fourth-order valence-electron chi connectivity index (χ4n) is 3.73. The van der Waals surface area contributed by atoms with E-state index in [2.05, 4.69) is 11.2 Å². The summed E-state index contributed by atoms with van der Waals surface area (Å²) >= 11 is 0. The van der Waals surface area contributed by atoms with Gasteiger partial charge in [0, 0.05) is 49.4 Å². The highest BCUT2D eigenvalue weighted by atomic mass is 16.2. The number of primary amides is 1. The molecule has 0 saturated carbocycles. The standard InChI is InChI=1S/C15H19N5O/c16-10-19-7-4-11(9-19)14-12(5-8-20(14)15(17)21)13-3-1-2-6-18-13/h1-3,6,11-12,14H,4-5,7-9H2,(H2,17,21)/t11-,12?,14?/m1/s1. The Labute approximate surface area is 124 Å².